The summed E-state index contributed by atoms with van der Waals surface area (Å²) in [6.07, 6.45) is 7.24. The second kappa shape index (κ2) is 6.56. The van der Waals surface area contributed by atoms with Crippen LogP contribution >= 0.6 is 0 Å². The molecule has 3 nitrogen and oxygen atoms in total. The normalized spacial score (nSPS) is 23.0. The van der Waals surface area contributed by atoms with Crippen LogP contribution in [0.2, 0.25) is 0 Å². The molecule has 2 aromatic carbocycles. The highest BCUT2D eigenvalue weighted by Gasteiger charge is 2.38. The Kier molecular flexibility index (Phi) is 4.04. The SMILES string of the molecule is Cc1c(C2C(C)c3ccccc3N2C=NC2CCCC2)[nH]c2ccccc12. The van der Waals surface area contributed by atoms with Crippen molar-refractivity contribution in [1.29, 1.82) is 0 Å². The van der Waals surface area contributed by atoms with Gasteiger partial charge < -0.3 is 9.88 Å². The maximum Gasteiger partial charge on any atom is 0.0904 e. The van der Waals surface area contributed by atoms with Crippen molar-refractivity contribution in [1.82, 2.24) is 4.98 Å². The summed E-state index contributed by atoms with van der Waals surface area (Å²) in [5.74, 6) is 0.419. The zero-order chi connectivity index (χ0) is 18.4. The van der Waals surface area contributed by atoms with Crippen LogP contribution in [-0.2, 0) is 0 Å². The summed E-state index contributed by atoms with van der Waals surface area (Å²) in [4.78, 5) is 11.1. The summed E-state index contributed by atoms with van der Waals surface area (Å²) >= 11 is 0. The zero-order valence-electron chi connectivity index (χ0n) is 16.2. The van der Waals surface area contributed by atoms with Crippen LogP contribution in [0.15, 0.2) is 53.5 Å². The molecule has 1 N–H and O–H groups in total. The molecule has 1 aliphatic carbocycles. The molecule has 3 heteroatoms. The lowest BCUT2D eigenvalue weighted by atomic mass is 9.93. The second-order valence-electron chi connectivity index (χ2n) is 8.11. The van der Waals surface area contributed by atoms with Gasteiger partial charge in [-0.15, -0.1) is 0 Å². The van der Waals surface area contributed by atoms with Gasteiger partial charge in [-0.05, 0) is 43.0 Å². The van der Waals surface area contributed by atoms with Crippen molar-refractivity contribution in [3.63, 3.8) is 0 Å². The molecular formula is C24H27N3. The molecule has 0 amide bonds. The molecule has 2 atom stereocenters. The van der Waals surface area contributed by atoms with Crippen LogP contribution < -0.4 is 4.90 Å². The predicted molar refractivity (Wildman–Crippen MR) is 114 cm³/mol. The fourth-order valence-electron chi connectivity index (χ4n) is 5.01. The van der Waals surface area contributed by atoms with Crippen molar-refractivity contribution in [3.8, 4) is 0 Å². The quantitative estimate of drug-likeness (QED) is 0.445. The van der Waals surface area contributed by atoms with E-state index in [-0.39, 0.29) is 6.04 Å². The van der Waals surface area contributed by atoms with Gasteiger partial charge in [0.2, 0.25) is 0 Å². The van der Waals surface area contributed by atoms with Gasteiger partial charge >= 0.3 is 0 Å². The number of benzene rings is 2. The van der Waals surface area contributed by atoms with Crippen LogP contribution in [0.1, 0.15) is 61.4 Å². The van der Waals surface area contributed by atoms with Crippen molar-refractivity contribution in [2.24, 2.45) is 4.99 Å². The Labute approximate surface area is 161 Å². The van der Waals surface area contributed by atoms with Gasteiger partial charge in [-0.1, -0.05) is 56.2 Å². The van der Waals surface area contributed by atoms with Crippen LogP contribution in [0.5, 0.6) is 0 Å². The first-order valence-electron chi connectivity index (χ1n) is 10.2. The highest BCUT2D eigenvalue weighted by atomic mass is 15.2. The number of rotatable bonds is 3. The summed E-state index contributed by atoms with van der Waals surface area (Å²) in [7, 11) is 0. The maximum absolute atomic E-state index is 4.98. The number of hydrogen-bond acceptors (Lipinski definition) is 1. The Bertz CT molecular complexity index is 994. The molecule has 2 aliphatic rings. The number of fused-ring (bicyclic) bond motifs is 2. The van der Waals surface area contributed by atoms with E-state index in [4.69, 9.17) is 4.99 Å². The molecule has 1 fully saturated rings. The average molecular weight is 358 g/mol. The number of para-hydroxylation sites is 2. The number of H-pyrrole nitrogens is 1. The third-order valence-electron chi connectivity index (χ3n) is 6.51. The van der Waals surface area contributed by atoms with Gasteiger partial charge in [0.05, 0.1) is 18.4 Å². The summed E-state index contributed by atoms with van der Waals surface area (Å²) in [6.45, 7) is 4.59. The third-order valence-corrected chi connectivity index (χ3v) is 6.51. The van der Waals surface area contributed by atoms with E-state index < -0.39 is 0 Å². The van der Waals surface area contributed by atoms with Gasteiger partial charge in [-0.3, -0.25) is 4.99 Å². The van der Waals surface area contributed by atoms with Crippen LogP contribution in [0.3, 0.4) is 0 Å². The highest BCUT2D eigenvalue weighted by molar-refractivity contribution is 5.88. The van der Waals surface area contributed by atoms with E-state index >= 15 is 0 Å². The summed E-state index contributed by atoms with van der Waals surface area (Å²) in [6, 6.07) is 18.2. The molecule has 138 valence electrons. The standard InChI is InChI=1S/C24H27N3/c1-16-19-11-5-7-13-21(19)26-23(16)24-17(2)20-12-6-8-14-22(20)27(24)15-25-18-9-3-4-10-18/h5-8,11-15,17-18,24,26H,3-4,9-10H2,1-2H3. The van der Waals surface area contributed by atoms with Crippen LogP contribution in [0.25, 0.3) is 10.9 Å². The molecular weight excluding hydrogens is 330 g/mol. The van der Waals surface area contributed by atoms with Gasteiger partial charge in [0.15, 0.2) is 0 Å². The fraction of sp³-hybridized carbons (Fsp3) is 0.375. The van der Waals surface area contributed by atoms with Crippen LogP contribution in [0.4, 0.5) is 5.69 Å². The first kappa shape index (κ1) is 16.6. The summed E-state index contributed by atoms with van der Waals surface area (Å²) < 4.78 is 0. The van der Waals surface area contributed by atoms with Crippen molar-refractivity contribution >= 4 is 22.9 Å². The molecule has 27 heavy (non-hydrogen) atoms. The Hall–Kier alpha value is -2.55. The topological polar surface area (TPSA) is 31.4 Å². The number of nitrogens with one attached hydrogen (secondary N) is 1. The molecule has 0 radical (unpaired) electrons. The molecule has 2 heterocycles. The Morgan fingerprint density at radius 3 is 2.59 bits per heavy atom. The number of aliphatic imine (C=N–C) groups is 1. The highest BCUT2D eigenvalue weighted by Crippen LogP contribution is 2.49. The van der Waals surface area contributed by atoms with Crippen LogP contribution in [0, 0.1) is 6.92 Å². The minimum atomic E-state index is 0.264. The number of anilines is 1. The molecule has 0 saturated heterocycles. The van der Waals surface area contributed by atoms with Gasteiger partial charge in [0, 0.05) is 28.2 Å². The van der Waals surface area contributed by atoms with E-state index in [9.17, 15) is 0 Å². The van der Waals surface area contributed by atoms with E-state index in [1.165, 1.54) is 59.1 Å². The second-order valence-corrected chi connectivity index (χ2v) is 8.11. The molecule has 5 rings (SSSR count). The van der Waals surface area contributed by atoms with Crippen molar-refractivity contribution < 1.29 is 0 Å². The van der Waals surface area contributed by atoms with Crippen molar-refractivity contribution in [2.75, 3.05) is 4.90 Å². The van der Waals surface area contributed by atoms with Gasteiger partial charge in [-0.2, -0.15) is 0 Å². The maximum atomic E-state index is 4.98. The molecule has 1 aliphatic heterocycles. The van der Waals surface area contributed by atoms with E-state index in [0.717, 1.165) is 0 Å². The lowest BCUT2D eigenvalue weighted by Crippen LogP contribution is -2.26. The minimum Gasteiger partial charge on any atom is -0.356 e. The number of aromatic amines is 1. The lowest BCUT2D eigenvalue weighted by molar-refractivity contribution is 0.619. The number of aryl methyl sites for hydroxylation is 1. The van der Waals surface area contributed by atoms with E-state index in [0.29, 0.717) is 12.0 Å². The number of nitrogens with zero attached hydrogens (tertiary/aromatic N) is 2. The Morgan fingerprint density at radius 1 is 1.04 bits per heavy atom. The van der Waals surface area contributed by atoms with Gasteiger partial charge in [0.1, 0.15) is 0 Å². The fourth-order valence-corrected chi connectivity index (χ4v) is 5.01. The molecule has 3 aromatic rings. The van der Waals surface area contributed by atoms with Gasteiger partial charge in [-0.25, -0.2) is 0 Å². The zero-order valence-corrected chi connectivity index (χ0v) is 16.2. The first-order chi connectivity index (χ1) is 13.2. The minimum absolute atomic E-state index is 0.264. The largest absolute Gasteiger partial charge is 0.356 e. The Morgan fingerprint density at radius 2 is 1.78 bits per heavy atom. The average Bonchev–Trinajstić information content (AvgIpc) is 3.39. The Balaban J connectivity index is 1.61. The van der Waals surface area contributed by atoms with Crippen LogP contribution in [-0.4, -0.2) is 17.4 Å². The molecule has 0 spiro atoms. The van der Waals surface area contributed by atoms with E-state index in [1.807, 2.05) is 0 Å². The summed E-state index contributed by atoms with van der Waals surface area (Å²) in [5.41, 5.74) is 6.61. The van der Waals surface area contributed by atoms with Gasteiger partial charge in [0.25, 0.3) is 0 Å². The van der Waals surface area contributed by atoms with Crippen molar-refractivity contribution in [2.45, 2.75) is 57.5 Å². The molecule has 0 bridgehead atoms. The predicted octanol–water partition coefficient (Wildman–Crippen LogP) is 6.11. The third kappa shape index (κ3) is 2.68. The smallest absolute Gasteiger partial charge is 0.0904 e. The lowest BCUT2D eigenvalue weighted by Gasteiger charge is -2.26. The van der Waals surface area contributed by atoms with E-state index in [1.54, 1.807) is 0 Å². The molecule has 1 aromatic heterocycles. The molecule has 2 unspecified atom stereocenters. The monoisotopic (exact) mass is 357 g/mol. The summed E-state index contributed by atoms with van der Waals surface area (Å²) in [5, 5.41) is 1.32. The first-order valence-corrected chi connectivity index (χ1v) is 10.2. The number of aromatic nitrogens is 1. The van der Waals surface area contributed by atoms with E-state index in [2.05, 4.69) is 78.6 Å². The van der Waals surface area contributed by atoms with Crippen molar-refractivity contribution in [3.05, 3.63) is 65.4 Å². The molecule has 1 saturated carbocycles. The number of hydrogen-bond donors (Lipinski definition) is 1.